The molecule has 1 atom stereocenters. The number of aromatic nitrogens is 4. The summed E-state index contributed by atoms with van der Waals surface area (Å²) in [6.07, 6.45) is 12.7. The fourth-order valence-electron chi connectivity index (χ4n) is 5.43. The third-order valence-corrected chi connectivity index (χ3v) is 8.57. The number of nitrogens with one attached hydrogen (secondary N) is 2. The van der Waals surface area contributed by atoms with Gasteiger partial charge < -0.3 is 11.1 Å². The number of sulfonamides is 1. The molecule has 2 aromatic rings. The molecule has 1 saturated carbocycles. The summed E-state index contributed by atoms with van der Waals surface area (Å²) in [5, 5.41) is 23.4. The van der Waals surface area contributed by atoms with Crippen LogP contribution in [0.1, 0.15) is 56.6 Å². The van der Waals surface area contributed by atoms with Crippen molar-refractivity contribution in [2.45, 2.75) is 62.8 Å². The van der Waals surface area contributed by atoms with E-state index in [1.54, 1.807) is 0 Å². The van der Waals surface area contributed by atoms with Crippen molar-refractivity contribution in [3.05, 3.63) is 53.6 Å². The number of tetrazole rings is 1. The SMILES string of the molecule is C=C/C(=C\C=C(/C)c1ccc(CC[C@H]2CC[C@H](N)CC2)c(S(N)(=O)=O)c1-c1nnn[nH]1)C1CCNC1. The molecule has 2 aliphatic rings. The summed E-state index contributed by atoms with van der Waals surface area (Å²) in [5.74, 6) is 1.23. The van der Waals surface area contributed by atoms with Crippen molar-refractivity contribution in [2.75, 3.05) is 13.1 Å². The van der Waals surface area contributed by atoms with Crippen molar-refractivity contribution < 1.29 is 8.42 Å². The van der Waals surface area contributed by atoms with E-state index in [1.807, 2.05) is 31.2 Å². The first kappa shape index (κ1) is 26.4. The van der Waals surface area contributed by atoms with Gasteiger partial charge in [0.15, 0.2) is 5.82 Å². The zero-order valence-electron chi connectivity index (χ0n) is 20.9. The Morgan fingerprint density at radius 1 is 1.19 bits per heavy atom. The van der Waals surface area contributed by atoms with Gasteiger partial charge in [-0.3, -0.25) is 0 Å². The zero-order valence-corrected chi connectivity index (χ0v) is 21.7. The lowest BCUT2D eigenvalue weighted by Crippen LogP contribution is -2.26. The van der Waals surface area contributed by atoms with Crippen LogP contribution in [0, 0.1) is 11.8 Å². The highest BCUT2D eigenvalue weighted by Gasteiger charge is 2.27. The Bertz CT molecular complexity index is 1220. The van der Waals surface area contributed by atoms with Crippen molar-refractivity contribution in [1.29, 1.82) is 0 Å². The van der Waals surface area contributed by atoms with Crippen LogP contribution in [0.3, 0.4) is 0 Å². The lowest BCUT2D eigenvalue weighted by molar-refractivity contribution is 0.310. The maximum absolute atomic E-state index is 13.0. The van der Waals surface area contributed by atoms with E-state index in [9.17, 15) is 8.42 Å². The average molecular weight is 512 g/mol. The number of hydrogen-bond acceptors (Lipinski definition) is 7. The van der Waals surface area contributed by atoms with Crippen LogP contribution < -0.4 is 16.2 Å². The first-order chi connectivity index (χ1) is 17.3. The molecule has 4 rings (SSSR count). The van der Waals surface area contributed by atoms with Gasteiger partial charge in [0.1, 0.15) is 0 Å². The number of hydrogen-bond donors (Lipinski definition) is 4. The molecule has 10 heteroatoms. The smallest absolute Gasteiger partial charge is 0.239 e. The second-order valence-corrected chi connectivity index (χ2v) is 11.5. The molecule has 1 aromatic carbocycles. The summed E-state index contributed by atoms with van der Waals surface area (Å²) >= 11 is 0. The van der Waals surface area contributed by atoms with E-state index in [1.165, 1.54) is 0 Å². The minimum atomic E-state index is -4.06. The number of rotatable bonds is 9. The monoisotopic (exact) mass is 511 g/mol. The number of nitrogens with zero attached hydrogens (tertiary/aromatic N) is 3. The molecule has 0 amide bonds. The van der Waals surface area contributed by atoms with Gasteiger partial charge in [0.25, 0.3) is 0 Å². The Morgan fingerprint density at radius 3 is 2.58 bits per heavy atom. The van der Waals surface area contributed by atoms with Crippen LogP contribution in [0.4, 0.5) is 0 Å². The van der Waals surface area contributed by atoms with Crippen molar-refractivity contribution in [3.63, 3.8) is 0 Å². The molecule has 1 saturated heterocycles. The maximum Gasteiger partial charge on any atom is 0.239 e. The Morgan fingerprint density at radius 2 is 1.97 bits per heavy atom. The minimum absolute atomic E-state index is 0.0896. The van der Waals surface area contributed by atoms with E-state index >= 15 is 0 Å². The van der Waals surface area contributed by atoms with E-state index in [0.717, 1.165) is 62.8 Å². The molecular formula is C26H37N7O2S. The molecule has 194 valence electrons. The Labute approximate surface area is 213 Å². The Hall–Kier alpha value is -2.66. The highest BCUT2D eigenvalue weighted by atomic mass is 32.2. The molecule has 0 radical (unpaired) electrons. The zero-order chi connectivity index (χ0) is 25.7. The van der Waals surface area contributed by atoms with Crippen molar-refractivity contribution >= 4 is 15.6 Å². The standard InChI is InChI=1S/C26H37N7O2S/c1-3-19(21-14-15-29-16-21)8-4-17(2)23-13-10-20(9-5-18-6-11-22(27)12-7-18)25(36(28,34)35)24(23)26-30-32-33-31-26/h3-4,8,10,13,18,21-22,29H,1,5-7,9,11-12,14-16,27H2,2H3,(H2,28,34,35)(H,30,31,32,33)/b17-4+,19-8+/t18-,21?,22-. The second-order valence-electron chi connectivity index (χ2n) is 10.0. The van der Waals surface area contributed by atoms with Crippen LogP contribution in [0.5, 0.6) is 0 Å². The highest BCUT2D eigenvalue weighted by Crippen LogP contribution is 2.36. The summed E-state index contributed by atoms with van der Waals surface area (Å²) in [6.45, 7) is 7.85. The predicted octanol–water partition coefficient (Wildman–Crippen LogP) is 3.09. The summed E-state index contributed by atoms with van der Waals surface area (Å²) in [5.41, 5.74) is 9.90. The number of benzene rings is 1. The number of allylic oxidation sites excluding steroid dienone is 4. The number of aromatic amines is 1. The molecule has 2 heterocycles. The first-order valence-electron chi connectivity index (χ1n) is 12.7. The Kier molecular flexibility index (Phi) is 8.50. The van der Waals surface area contributed by atoms with Crippen LogP contribution in [0.2, 0.25) is 0 Å². The van der Waals surface area contributed by atoms with Gasteiger partial charge in [-0.1, -0.05) is 36.9 Å². The van der Waals surface area contributed by atoms with Gasteiger partial charge in [0, 0.05) is 18.2 Å². The molecule has 1 unspecified atom stereocenters. The third-order valence-electron chi connectivity index (χ3n) is 7.54. The predicted molar refractivity (Wildman–Crippen MR) is 142 cm³/mol. The molecular weight excluding hydrogens is 474 g/mol. The average Bonchev–Trinajstić information content (AvgIpc) is 3.58. The van der Waals surface area contributed by atoms with Gasteiger partial charge in [-0.05, 0) is 103 Å². The summed E-state index contributed by atoms with van der Waals surface area (Å²) < 4.78 is 25.9. The van der Waals surface area contributed by atoms with Gasteiger partial charge >= 0.3 is 0 Å². The van der Waals surface area contributed by atoms with Gasteiger partial charge in [-0.25, -0.2) is 18.7 Å². The summed E-state index contributed by atoms with van der Waals surface area (Å²) in [4.78, 5) is 0.0896. The normalized spacial score (nSPS) is 23.7. The van der Waals surface area contributed by atoms with Gasteiger partial charge in [0.2, 0.25) is 10.0 Å². The van der Waals surface area contributed by atoms with Crippen LogP contribution in [-0.2, 0) is 16.4 Å². The van der Waals surface area contributed by atoms with Crippen LogP contribution >= 0.6 is 0 Å². The topological polar surface area (TPSA) is 153 Å². The third kappa shape index (κ3) is 6.18. The number of aryl methyl sites for hydroxylation is 1. The van der Waals surface area contributed by atoms with Crippen LogP contribution in [0.15, 0.2) is 47.4 Å². The van der Waals surface area contributed by atoms with Crippen molar-refractivity contribution in [1.82, 2.24) is 25.9 Å². The molecule has 1 aliphatic heterocycles. The lowest BCUT2D eigenvalue weighted by Gasteiger charge is -2.26. The van der Waals surface area contributed by atoms with Crippen molar-refractivity contribution in [3.8, 4) is 11.4 Å². The largest absolute Gasteiger partial charge is 0.328 e. The second kappa shape index (κ2) is 11.6. The van der Waals surface area contributed by atoms with E-state index in [0.29, 0.717) is 34.9 Å². The molecule has 9 nitrogen and oxygen atoms in total. The Balaban J connectivity index is 1.74. The number of H-pyrrole nitrogens is 1. The quantitative estimate of drug-likeness (QED) is 0.377. The number of nitrogens with two attached hydrogens (primary N) is 2. The molecule has 1 aliphatic carbocycles. The molecule has 36 heavy (non-hydrogen) atoms. The minimum Gasteiger partial charge on any atom is -0.328 e. The summed E-state index contributed by atoms with van der Waals surface area (Å²) in [7, 11) is -4.06. The van der Waals surface area contributed by atoms with Gasteiger partial charge in [-0.15, -0.1) is 5.10 Å². The van der Waals surface area contributed by atoms with E-state index < -0.39 is 10.0 Å². The molecule has 0 bridgehead atoms. The van der Waals surface area contributed by atoms with E-state index in [2.05, 4.69) is 38.6 Å². The first-order valence-corrected chi connectivity index (χ1v) is 14.2. The maximum atomic E-state index is 13.0. The van der Waals surface area contributed by atoms with Gasteiger partial charge in [-0.2, -0.15) is 0 Å². The highest BCUT2D eigenvalue weighted by molar-refractivity contribution is 7.89. The van der Waals surface area contributed by atoms with E-state index in [4.69, 9.17) is 10.9 Å². The molecule has 6 N–H and O–H groups in total. The summed E-state index contributed by atoms with van der Waals surface area (Å²) in [6, 6.07) is 4.11. The molecule has 0 spiro atoms. The lowest BCUT2D eigenvalue weighted by atomic mass is 9.83. The van der Waals surface area contributed by atoms with Crippen LogP contribution in [-0.4, -0.2) is 48.2 Å². The fraction of sp³-hybridized carbons (Fsp3) is 0.500. The molecule has 2 fully saturated rings. The fourth-order valence-corrected chi connectivity index (χ4v) is 6.46. The van der Waals surface area contributed by atoms with E-state index in [-0.39, 0.29) is 16.8 Å². The number of primary sulfonamides is 1. The van der Waals surface area contributed by atoms with Crippen molar-refractivity contribution in [2.24, 2.45) is 22.7 Å². The molecule has 1 aromatic heterocycles. The van der Waals surface area contributed by atoms with Gasteiger partial charge in [0.05, 0.1) is 4.90 Å². The van der Waals surface area contributed by atoms with Crippen LogP contribution in [0.25, 0.3) is 17.0 Å².